The number of furan rings is 1. The van der Waals surface area contributed by atoms with Crippen LogP contribution in [0.2, 0.25) is 0 Å². The summed E-state index contributed by atoms with van der Waals surface area (Å²) in [6, 6.07) is 11.9. The third-order valence-electron chi connectivity index (χ3n) is 4.12. The maximum atomic E-state index is 12.0. The number of guanidine groups is 1. The number of halogens is 1. The summed E-state index contributed by atoms with van der Waals surface area (Å²) in [5, 5.41) is 9.28. The summed E-state index contributed by atoms with van der Waals surface area (Å²) in [7, 11) is 1.65. The van der Waals surface area contributed by atoms with E-state index in [1.165, 1.54) is 0 Å². The molecule has 1 heterocycles. The quantitative estimate of drug-likeness (QED) is 0.440. The van der Waals surface area contributed by atoms with E-state index in [-0.39, 0.29) is 5.91 Å². The highest BCUT2D eigenvalue weighted by Gasteiger charge is 2.26. The second kappa shape index (κ2) is 10.2. The van der Waals surface area contributed by atoms with Crippen LogP contribution in [0.25, 0.3) is 0 Å². The minimum absolute atomic E-state index is 0.0159. The van der Waals surface area contributed by atoms with Crippen molar-refractivity contribution in [1.82, 2.24) is 16.0 Å². The number of nitrogens with zero attached hydrogens (tertiary/aromatic N) is 1. The van der Waals surface area contributed by atoms with E-state index in [1.807, 2.05) is 50.2 Å². The Morgan fingerprint density at radius 2 is 1.93 bits per heavy atom. The van der Waals surface area contributed by atoms with Crippen LogP contribution in [0.1, 0.15) is 25.2 Å². The zero-order valence-corrected chi connectivity index (χ0v) is 17.6. The van der Waals surface area contributed by atoms with Crippen LogP contribution >= 0.6 is 15.9 Å². The van der Waals surface area contributed by atoms with Crippen molar-refractivity contribution in [2.24, 2.45) is 10.4 Å². The third-order valence-corrected chi connectivity index (χ3v) is 4.65. The van der Waals surface area contributed by atoms with Crippen LogP contribution < -0.4 is 16.0 Å². The summed E-state index contributed by atoms with van der Waals surface area (Å²) in [5.74, 6) is 1.57. The zero-order valence-electron chi connectivity index (χ0n) is 16.0. The largest absolute Gasteiger partial charge is 0.469 e. The smallest absolute Gasteiger partial charge is 0.227 e. The van der Waals surface area contributed by atoms with Gasteiger partial charge in [-0.25, -0.2) is 4.99 Å². The molecule has 0 radical (unpaired) electrons. The van der Waals surface area contributed by atoms with Gasteiger partial charge in [0.25, 0.3) is 0 Å². The molecular weight excluding hydrogens is 408 g/mol. The first-order valence-electron chi connectivity index (χ1n) is 8.92. The lowest BCUT2D eigenvalue weighted by molar-refractivity contribution is -0.128. The number of carbonyl (C=O) groups excluding carboxylic acids is 1. The van der Waals surface area contributed by atoms with Gasteiger partial charge in [0.15, 0.2) is 5.96 Å². The molecule has 1 amide bonds. The molecule has 0 aliphatic heterocycles. The minimum atomic E-state index is -0.546. The summed E-state index contributed by atoms with van der Waals surface area (Å²) >= 11 is 3.44. The van der Waals surface area contributed by atoms with Crippen molar-refractivity contribution in [2.45, 2.75) is 26.8 Å². The average molecular weight is 435 g/mol. The molecular formula is C20H27BrN4O2. The van der Waals surface area contributed by atoms with E-state index < -0.39 is 5.41 Å². The zero-order chi connectivity index (χ0) is 19.7. The van der Waals surface area contributed by atoms with Crippen LogP contribution in [0.5, 0.6) is 0 Å². The maximum Gasteiger partial charge on any atom is 0.227 e. The molecule has 0 spiro atoms. The summed E-state index contributed by atoms with van der Waals surface area (Å²) in [6.45, 7) is 5.49. The van der Waals surface area contributed by atoms with Gasteiger partial charge in [-0.1, -0.05) is 28.1 Å². The Kier molecular flexibility index (Phi) is 7.91. The molecule has 3 N–H and O–H groups in total. The second-order valence-corrected chi connectivity index (χ2v) is 7.78. The van der Waals surface area contributed by atoms with Gasteiger partial charge in [0.2, 0.25) is 5.91 Å². The molecule has 6 nitrogen and oxygen atoms in total. The third kappa shape index (κ3) is 7.09. The molecule has 146 valence electrons. The first-order chi connectivity index (χ1) is 12.9. The van der Waals surface area contributed by atoms with Crippen molar-refractivity contribution in [2.75, 3.05) is 20.1 Å². The minimum Gasteiger partial charge on any atom is -0.469 e. The normalized spacial score (nSPS) is 11.9. The number of hydrogen-bond acceptors (Lipinski definition) is 3. The monoisotopic (exact) mass is 434 g/mol. The van der Waals surface area contributed by atoms with Gasteiger partial charge in [0.05, 0.1) is 18.2 Å². The summed E-state index contributed by atoms with van der Waals surface area (Å²) in [6.07, 6.45) is 2.42. The van der Waals surface area contributed by atoms with Crippen molar-refractivity contribution in [1.29, 1.82) is 0 Å². The molecule has 0 aliphatic carbocycles. The molecule has 2 aromatic rings. The molecule has 0 saturated heterocycles. The van der Waals surface area contributed by atoms with Gasteiger partial charge in [0, 0.05) is 31.0 Å². The van der Waals surface area contributed by atoms with Crippen molar-refractivity contribution in [3.63, 3.8) is 0 Å². The predicted octanol–water partition coefficient (Wildman–Crippen LogP) is 3.09. The molecule has 0 bridgehead atoms. The maximum absolute atomic E-state index is 12.0. The summed E-state index contributed by atoms with van der Waals surface area (Å²) < 4.78 is 6.40. The number of rotatable bonds is 8. The Morgan fingerprint density at radius 3 is 2.56 bits per heavy atom. The van der Waals surface area contributed by atoms with Crippen molar-refractivity contribution in [3.05, 3.63) is 58.5 Å². The molecule has 0 fully saturated rings. The molecule has 27 heavy (non-hydrogen) atoms. The summed E-state index contributed by atoms with van der Waals surface area (Å²) in [4.78, 5) is 16.6. The van der Waals surface area contributed by atoms with Crippen LogP contribution in [-0.4, -0.2) is 32.0 Å². The first kappa shape index (κ1) is 21.0. The molecule has 7 heteroatoms. The van der Waals surface area contributed by atoms with Gasteiger partial charge in [-0.3, -0.25) is 4.79 Å². The predicted molar refractivity (Wildman–Crippen MR) is 112 cm³/mol. The van der Waals surface area contributed by atoms with E-state index in [1.54, 1.807) is 13.3 Å². The highest BCUT2D eigenvalue weighted by Crippen LogP contribution is 2.13. The molecule has 0 saturated carbocycles. The Balaban J connectivity index is 1.98. The van der Waals surface area contributed by atoms with Gasteiger partial charge in [-0.15, -0.1) is 0 Å². The highest BCUT2D eigenvalue weighted by atomic mass is 79.9. The van der Waals surface area contributed by atoms with Gasteiger partial charge >= 0.3 is 0 Å². The molecule has 1 aromatic carbocycles. The van der Waals surface area contributed by atoms with Crippen LogP contribution in [-0.2, 0) is 17.8 Å². The van der Waals surface area contributed by atoms with E-state index in [0.29, 0.717) is 25.6 Å². The average Bonchev–Trinajstić information content (AvgIpc) is 3.17. The lowest BCUT2D eigenvalue weighted by Crippen LogP contribution is -2.47. The molecule has 1 aromatic heterocycles. The second-order valence-electron chi connectivity index (χ2n) is 6.86. The lowest BCUT2D eigenvalue weighted by Gasteiger charge is -2.24. The fourth-order valence-electron chi connectivity index (χ4n) is 2.42. The van der Waals surface area contributed by atoms with Crippen LogP contribution in [0.4, 0.5) is 0 Å². The molecule has 2 rings (SSSR count). The lowest BCUT2D eigenvalue weighted by atomic mass is 9.92. The molecule has 0 aliphatic rings. The van der Waals surface area contributed by atoms with Gasteiger partial charge in [-0.2, -0.15) is 0 Å². The van der Waals surface area contributed by atoms with E-state index in [9.17, 15) is 4.79 Å². The Labute approximate surface area is 169 Å². The Hall–Kier alpha value is -2.28. The van der Waals surface area contributed by atoms with Crippen molar-refractivity contribution < 1.29 is 9.21 Å². The number of nitrogens with one attached hydrogen (secondary N) is 3. The Bertz CT molecular complexity index is 740. The number of amides is 1. The summed E-state index contributed by atoms with van der Waals surface area (Å²) in [5.41, 5.74) is 0.561. The molecule has 0 atom stereocenters. The first-order valence-corrected chi connectivity index (χ1v) is 9.71. The fourth-order valence-corrected chi connectivity index (χ4v) is 2.68. The van der Waals surface area contributed by atoms with Gasteiger partial charge in [-0.05, 0) is 43.7 Å². The molecule has 0 unspecified atom stereocenters. The van der Waals surface area contributed by atoms with Crippen LogP contribution in [0.15, 0.2) is 56.5 Å². The standard InChI is InChI=1S/C20H27BrN4O2/c1-20(2,18(26)22-3)14-25-19(23-11-10-17-5-4-12-27-17)24-13-15-6-8-16(21)9-7-15/h4-9,12H,10-11,13-14H2,1-3H3,(H,22,26)(H2,23,24,25). The van der Waals surface area contributed by atoms with E-state index in [4.69, 9.17) is 4.42 Å². The van der Waals surface area contributed by atoms with E-state index in [0.717, 1.165) is 22.2 Å². The van der Waals surface area contributed by atoms with Crippen molar-refractivity contribution >= 4 is 27.8 Å². The Morgan fingerprint density at radius 1 is 1.19 bits per heavy atom. The topological polar surface area (TPSA) is 78.7 Å². The van der Waals surface area contributed by atoms with E-state index in [2.05, 4.69) is 36.9 Å². The van der Waals surface area contributed by atoms with Crippen LogP contribution in [0.3, 0.4) is 0 Å². The van der Waals surface area contributed by atoms with E-state index >= 15 is 0 Å². The SMILES string of the molecule is CNC(=O)C(C)(C)CNC(=NCc1ccc(Br)cc1)NCCc1ccco1. The number of carbonyl (C=O) groups is 1. The number of hydrogen-bond donors (Lipinski definition) is 3. The number of aliphatic imine (C=N–C) groups is 1. The van der Waals surface area contributed by atoms with Gasteiger partial charge < -0.3 is 20.4 Å². The van der Waals surface area contributed by atoms with Gasteiger partial charge in [0.1, 0.15) is 5.76 Å². The van der Waals surface area contributed by atoms with Crippen molar-refractivity contribution in [3.8, 4) is 0 Å². The highest BCUT2D eigenvalue weighted by molar-refractivity contribution is 9.10. The van der Waals surface area contributed by atoms with Crippen LogP contribution in [0, 0.1) is 5.41 Å². The number of benzene rings is 1. The fraction of sp³-hybridized carbons (Fsp3) is 0.400.